The summed E-state index contributed by atoms with van der Waals surface area (Å²) in [6.45, 7) is 3.49. The van der Waals surface area contributed by atoms with Crippen molar-refractivity contribution in [2.24, 2.45) is 0 Å². The Morgan fingerprint density at radius 3 is 2.60 bits per heavy atom. The Balaban J connectivity index is 2.35. The molecule has 0 aliphatic carbocycles. The first-order valence-electron chi connectivity index (χ1n) is 4.65. The summed E-state index contributed by atoms with van der Waals surface area (Å²) < 4.78 is 1.68. The molecular formula is C11H11N3O. The van der Waals surface area contributed by atoms with Gasteiger partial charge in [-0.15, -0.1) is 0 Å². The van der Waals surface area contributed by atoms with Crippen LogP contribution in [0.25, 0.3) is 5.82 Å². The normalized spacial score (nSPS) is 10.3. The highest BCUT2D eigenvalue weighted by atomic mass is 16.1. The van der Waals surface area contributed by atoms with Crippen LogP contribution in [0.2, 0.25) is 0 Å². The fourth-order valence-corrected chi connectivity index (χ4v) is 1.27. The van der Waals surface area contributed by atoms with E-state index in [1.807, 2.05) is 13.1 Å². The van der Waals surface area contributed by atoms with Gasteiger partial charge in [-0.05, 0) is 31.5 Å². The van der Waals surface area contributed by atoms with Crippen LogP contribution in [0, 0.1) is 6.92 Å². The number of Topliss-reactive ketones (excluding diaryl/α,β-unsaturated/α-hetero) is 1. The van der Waals surface area contributed by atoms with Gasteiger partial charge < -0.3 is 0 Å². The second-order valence-electron chi connectivity index (χ2n) is 3.42. The molecule has 4 nitrogen and oxygen atoms in total. The number of pyridine rings is 1. The van der Waals surface area contributed by atoms with Gasteiger partial charge in [-0.25, -0.2) is 9.67 Å². The number of ketones is 1. The van der Waals surface area contributed by atoms with E-state index in [0.29, 0.717) is 11.4 Å². The summed E-state index contributed by atoms with van der Waals surface area (Å²) in [5.41, 5.74) is 1.69. The number of aryl methyl sites for hydroxylation is 1. The predicted octanol–water partition coefficient (Wildman–Crippen LogP) is 1.78. The highest BCUT2D eigenvalue weighted by molar-refractivity contribution is 5.93. The van der Waals surface area contributed by atoms with Crippen LogP contribution in [-0.2, 0) is 0 Å². The summed E-state index contributed by atoms with van der Waals surface area (Å²) in [6, 6.07) is 3.53. The van der Waals surface area contributed by atoms with E-state index in [0.717, 1.165) is 5.56 Å². The third-order valence-electron chi connectivity index (χ3n) is 2.10. The minimum absolute atomic E-state index is 0.0192. The minimum atomic E-state index is 0.0192. The number of carbonyl (C=O) groups is 1. The molecule has 0 spiro atoms. The maximum atomic E-state index is 11.0. The van der Waals surface area contributed by atoms with E-state index in [2.05, 4.69) is 10.1 Å². The van der Waals surface area contributed by atoms with E-state index in [-0.39, 0.29) is 5.78 Å². The quantitative estimate of drug-likeness (QED) is 0.696. The van der Waals surface area contributed by atoms with Crippen LogP contribution >= 0.6 is 0 Å². The SMILES string of the molecule is CC(=O)c1ccc(-n2cc(C)cn2)nc1. The van der Waals surface area contributed by atoms with Crippen LogP contribution in [0.15, 0.2) is 30.7 Å². The summed E-state index contributed by atoms with van der Waals surface area (Å²) in [5.74, 6) is 0.735. The van der Waals surface area contributed by atoms with E-state index in [1.54, 1.807) is 29.2 Å². The van der Waals surface area contributed by atoms with E-state index in [1.165, 1.54) is 6.92 Å². The molecule has 0 amide bonds. The van der Waals surface area contributed by atoms with E-state index in [4.69, 9.17) is 0 Å². The van der Waals surface area contributed by atoms with E-state index in [9.17, 15) is 4.79 Å². The fourth-order valence-electron chi connectivity index (χ4n) is 1.27. The molecule has 0 aliphatic heterocycles. The molecular weight excluding hydrogens is 190 g/mol. The molecule has 0 saturated heterocycles. The van der Waals surface area contributed by atoms with E-state index >= 15 is 0 Å². The topological polar surface area (TPSA) is 47.8 Å². The van der Waals surface area contributed by atoms with Gasteiger partial charge >= 0.3 is 0 Å². The van der Waals surface area contributed by atoms with Crippen LogP contribution in [0.3, 0.4) is 0 Å². The van der Waals surface area contributed by atoms with Crippen LogP contribution in [0.4, 0.5) is 0 Å². The molecule has 0 aliphatic rings. The Morgan fingerprint density at radius 1 is 1.33 bits per heavy atom. The first-order chi connectivity index (χ1) is 7.16. The first kappa shape index (κ1) is 9.58. The molecule has 0 N–H and O–H groups in total. The van der Waals surface area contributed by atoms with Gasteiger partial charge in [-0.2, -0.15) is 5.10 Å². The van der Waals surface area contributed by atoms with Crippen LogP contribution < -0.4 is 0 Å². The van der Waals surface area contributed by atoms with Crippen LogP contribution in [0.5, 0.6) is 0 Å². The van der Waals surface area contributed by atoms with Crippen molar-refractivity contribution in [2.75, 3.05) is 0 Å². The lowest BCUT2D eigenvalue weighted by atomic mass is 10.2. The summed E-state index contributed by atoms with van der Waals surface area (Å²) in [7, 11) is 0. The molecule has 0 saturated carbocycles. The van der Waals surface area contributed by atoms with Gasteiger partial charge in [0.25, 0.3) is 0 Å². The zero-order valence-corrected chi connectivity index (χ0v) is 8.64. The number of hydrogen-bond donors (Lipinski definition) is 0. The number of nitrogens with zero attached hydrogens (tertiary/aromatic N) is 3. The number of hydrogen-bond acceptors (Lipinski definition) is 3. The average Bonchev–Trinajstić information content (AvgIpc) is 2.65. The van der Waals surface area contributed by atoms with Crippen molar-refractivity contribution in [1.29, 1.82) is 0 Å². The Labute approximate surface area is 87.6 Å². The molecule has 2 heterocycles. The highest BCUT2D eigenvalue weighted by Gasteiger charge is 2.02. The second kappa shape index (κ2) is 3.65. The van der Waals surface area contributed by atoms with Gasteiger partial charge in [0.1, 0.15) is 0 Å². The van der Waals surface area contributed by atoms with Crippen molar-refractivity contribution in [3.8, 4) is 5.82 Å². The fraction of sp³-hybridized carbons (Fsp3) is 0.182. The molecule has 2 aromatic rings. The monoisotopic (exact) mass is 201 g/mol. The Kier molecular flexibility index (Phi) is 2.33. The highest BCUT2D eigenvalue weighted by Crippen LogP contribution is 2.06. The van der Waals surface area contributed by atoms with Crippen molar-refractivity contribution in [3.63, 3.8) is 0 Å². The molecule has 0 aromatic carbocycles. The molecule has 76 valence electrons. The third kappa shape index (κ3) is 1.93. The van der Waals surface area contributed by atoms with Crippen LogP contribution in [-0.4, -0.2) is 20.5 Å². The lowest BCUT2D eigenvalue weighted by Crippen LogP contribution is -2.00. The lowest BCUT2D eigenvalue weighted by Gasteiger charge is -2.00. The molecule has 0 fully saturated rings. The lowest BCUT2D eigenvalue weighted by molar-refractivity contribution is 0.101. The van der Waals surface area contributed by atoms with Crippen molar-refractivity contribution in [1.82, 2.24) is 14.8 Å². The number of aromatic nitrogens is 3. The van der Waals surface area contributed by atoms with Gasteiger partial charge in [0.15, 0.2) is 11.6 Å². The Bertz CT molecular complexity index is 485. The van der Waals surface area contributed by atoms with Gasteiger partial charge in [-0.1, -0.05) is 0 Å². The summed E-state index contributed by atoms with van der Waals surface area (Å²) in [6.07, 6.45) is 5.21. The Morgan fingerprint density at radius 2 is 2.13 bits per heavy atom. The van der Waals surface area contributed by atoms with E-state index < -0.39 is 0 Å². The van der Waals surface area contributed by atoms with Gasteiger partial charge in [0, 0.05) is 18.0 Å². The first-order valence-corrected chi connectivity index (χ1v) is 4.65. The average molecular weight is 201 g/mol. The van der Waals surface area contributed by atoms with Crippen molar-refractivity contribution in [2.45, 2.75) is 13.8 Å². The van der Waals surface area contributed by atoms with Gasteiger partial charge in [-0.3, -0.25) is 4.79 Å². The minimum Gasteiger partial charge on any atom is -0.294 e. The maximum absolute atomic E-state index is 11.0. The van der Waals surface area contributed by atoms with Crippen molar-refractivity contribution >= 4 is 5.78 Å². The molecule has 0 unspecified atom stereocenters. The molecule has 0 atom stereocenters. The van der Waals surface area contributed by atoms with Crippen LogP contribution in [0.1, 0.15) is 22.8 Å². The predicted molar refractivity (Wildman–Crippen MR) is 56.1 cm³/mol. The number of rotatable bonds is 2. The zero-order chi connectivity index (χ0) is 10.8. The van der Waals surface area contributed by atoms with Gasteiger partial charge in [0.2, 0.25) is 0 Å². The molecule has 15 heavy (non-hydrogen) atoms. The molecule has 0 bridgehead atoms. The molecule has 0 radical (unpaired) electrons. The maximum Gasteiger partial charge on any atom is 0.161 e. The standard InChI is InChI=1S/C11H11N3O/c1-8-5-13-14(7-8)11-4-3-10(6-12-11)9(2)15/h3-7H,1-2H3. The molecule has 2 aromatic heterocycles. The van der Waals surface area contributed by atoms with Gasteiger partial charge in [0.05, 0.1) is 6.20 Å². The molecule has 4 heteroatoms. The largest absolute Gasteiger partial charge is 0.294 e. The molecule has 2 rings (SSSR count). The summed E-state index contributed by atoms with van der Waals surface area (Å²) in [4.78, 5) is 15.2. The third-order valence-corrected chi connectivity index (χ3v) is 2.10. The zero-order valence-electron chi connectivity index (χ0n) is 8.64. The smallest absolute Gasteiger partial charge is 0.161 e. The van der Waals surface area contributed by atoms with Crippen molar-refractivity contribution in [3.05, 3.63) is 41.9 Å². The number of carbonyl (C=O) groups excluding carboxylic acids is 1. The summed E-state index contributed by atoms with van der Waals surface area (Å²) in [5, 5.41) is 4.13. The Hall–Kier alpha value is -1.97. The van der Waals surface area contributed by atoms with Crippen molar-refractivity contribution < 1.29 is 4.79 Å². The summed E-state index contributed by atoms with van der Waals surface area (Å²) >= 11 is 0. The second-order valence-corrected chi connectivity index (χ2v) is 3.42.